The molecule has 0 unspecified atom stereocenters. The van der Waals surface area contributed by atoms with Gasteiger partial charge in [-0.1, -0.05) is 41.9 Å². The van der Waals surface area contributed by atoms with Gasteiger partial charge in [0.1, 0.15) is 5.02 Å². The maximum absolute atomic E-state index is 11.9. The first kappa shape index (κ1) is 17.0. The van der Waals surface area contributed by atoms with Crippen LogP contribution in [0, 0.1) is 0 Å². The Morgan fingerprint density at radius 2 is 2.12 bits per heavy atom. The normalized spacial score (nSPS) is 17.4. The van der Waals surface area contributed by atoms with E-state index in [0.717, 1.165) is 39.0 Å². The molecule has 128 valence electrons. The minimum absolute atomic E-state index is 0.181. The summed E-state index contributed by atoms with van der Waals surface area (Å²) in [4.78, 5) is 14.0. The molecule has 3 rings (SSSR count). The number of rotatable bonds is 6. The third-order valence-electron chi connectivity index (χ3n) is 4.35. The molecule has 6 heteroatoms. The van der Waals surface area contributed by atoms with Crippen molar-refractivity contribution in [2.45, 2.75) is 25.4 Å². The Hall–Kier alpha value is -1.85. The first-order valence-corrected chi connectivity index (χ1v) is 8.65. The van der Waals surface area contributed by atoms with E-state index in [9.17, 15) is 4.79 Å². The first-order chi connectivity index (χ1) is 11.6. The SMILES string of the molecule is Cn1ncc(N2CC[C@@H](OCCCc3ccccc3)C2)c(Cl)c1=O. The van der Waals surface area contributed by atoms with Gasteiger partial charge >= 0.3 is 0 Å². The molecule has 1 fully saturated rings. The van der Waals surface area contributed by atoms with E-state index in [1.165, 1.54) is 10.2 Å². The molecule has 5 nitrogen and oxygen atoms in total. The van der Waals surface area contributed by atoms with Gasteiger partial charge in [0.05, 0.1) is 18.0 Å². The van der Waals surface area contributed by atoms with Crippen LogP contribution in [0.15, 0.2) is 41.3 Å². The number of aromatic nitrogens is 2. The van der Waals surface area contributed by atoms with Crippen molar-refractivity contribution in [1.82, 2.24) is 9.78 Å². The van der Waals surface area contributed by atoms with Crippen molar-refractivity contribution in [3.8, 4) is 0 Å². The summed E-state index contributed by atoms with van der Waals surface area (Å²) >= 11 is 6.17. The Morgan fingerprint density at radius 1 is 1.33 bits per heavy atom. The fraction of sp³-hybridized carbons (Fsp3) is 0.444. The number of halogens is 1. The molecule has 0 bridgehead atoms. The van der Waals surface area contributed by atoms with Crippen LogP contribution in [0.5, 0.6) is 0 Å². The standard InChI is InChI=1S/C18H22ClN3O2/c1-21-18(23)17(19)16(12-20-21)22-10-9-15(13-22)24-11-5-8-14-6-3-2-4-7-14/h2-4,6-7,12,15H,5,8-11,13H2,1H3/t15-/m1/s1. The highest BCUT2D eigenvalue weighted by molar-refractivity contribution is 6.33. The van der Waals surface area contributed by atoms with E-state index >= 15 is 0 Å². The molecule has 1 aromatic carbocycles. The molecule has 2 aromatic rings. The van der Waals surface area contributed by atoms with Crippen molar-refractivity contribution >= 4 is 17.3 Å². The Kier molecular flexibility index (Phi) is 5.53. The van der Waals surface area contributed by atoms with Crippen LogP contribution < -0.4 is 10.5 Å². The predicted molar refractivity (Wildman–Crippen MR) is 95.8 cm³/mol. The summed E-state index contributed by atoms with van der Waals surface area (Å²) in [5, 5.41) is 4.29. The number of hydrogen-bond donors (Lipinski definition) is 0. The fourth-order valence-electron chi connectivity index (χ4n) is 2.98. The van der Waals surface area contributed by atoms with Gasteiger partial charge in [0.2, 0.25) is 0 Å². The van der Waals surface area contributed by atoms with E-state index in [1.54, 1.807) is 13.2 Å². The van der Waals surface area contributed by atoms with Crippen molar-refractivity contribution in [2.75, 3.05) is 24.6 Å². The monoisotopic (exact) mass is 347 g/mol. The summed E-state index contributed by atoms with van der Waals surface area (Å²) in [6, 6.07) is 10.4. The third-order valence-corrected chi connectivity index (χ3v) is 4.71. The number of ether oxygens (including phenoxy) is 1. The molecule has 0 amide bonds. The van der Waals surface area contributed by atoms with Gasteiger partial charge in [-0.15, -0.1) is 0 Å². The maximum atomic E-state index is 11.9. The van der Waals surface area contributed by atoms with Crippen molar-refractivity contribution in [2.24, 2.45) is 7.05 Å². The Morgan fingerprint density at radius 3 is 2.92 bits per heavy atom. The summed E-state index contributed by atoms with van der Waals surface area (Å²) < 4.78 is 7.23. The zero-order chi connectivity index (χ0) is 16.9. The number of nitrogens with zero attached hydrogens (tertiary/aromatic N) is 3. The Balaban J connectivity index is 1.47. The Bertz CT molecular complexity index is 733. The minimum Gasteiger partial charge on any atom is -0.376 e. The number of benzene rings is 1. The molecule has 1 aliphatic rings. The lowest BCUT2D eigenvalue weighted by Crippen LogP contribution is -2.28. The maximum Gasteiger partial charge on any atom is 0.287 e. The van der Waals surface area contributed by atoms with E-state index in [2.05, 4.69) is 34.3 Å². The molecule has 0 aliphatic carbocycles. The van der Waals surface area contributed by atoms with Gasteiger partial charge in [0.25, 0.3) is 5.56 Å². The van der Waals surface area contributed by atoms with Crippen LogP contribution in [-0.4, -0.2) is 35.6 Å². The number of hydrogen-bond acceptors (Lipinski definition) is 4. The van der Waals surface area contributed by atoms with E-state index < -0.39 is 0 Å². The summed E-state index contributed by atoms with van der Waals surface area (Å²) in [5.74, 6) is 0. The van der Waals surface area contributed by atoms with Gasteiger partial charge in [-0.05, 0) is 24.8 Å². The molecule has 1 atom stereocenters. The summed E-state index contributed by atoms with van der Waals surface area (Å²) in [6.07, 6.45) is 4.82. The minimum atomic E-state index is -0.263. The van der Waals surface area contributed by atoms with Crippen LogP contribution in [0.25, 0.3) is 0 Å². The molecule has 2 heterocycles. The van der Waals surface area contributed by atoms with Crippen molar-refractivity contribution in [3.05, 3.63) is 57.5 Å². The van der Waals surface area contributed by atoms with E-state index in [4.69, 9.17) is 16.3 Å². The average Bonchev–Trinajstić information content (AvgIpc) is 3.06. The lowest BCUT2D eigenvalue weighted by Gasteiger charge is -2.19. The van der Waals surface area contributed by atoms with Crippen molar-refractivity contribution < 1.29 is 4.74 Å². The molecule has 1 aromatic heterocycles. The molecule has 24 heavy (non-hydrogen) atoms. The molecule has 0 spiro atoms. The molecule has 0 radical (unpaired) electrons. The quantitative estimate of drug-likeness (QED) is 0.754. The van der Waals surface area contributed by atoms with E-state index in [0.29, 0.717) is 5.69 Å². The summed E-state index contributed by atoms with van der Waals surface area (Å²) in [5.41, 5.74) is 1.78. The molecule has 0 saturated carbocycles. The highest BCUT2D eigenvalue weighted by Gasteiger charge is 2.25. The average molecular weight is 348 g/mol. The highest BCUT2D eigenvalue weighted by Crippen LogP contribution is 2.26. The molecule has 1 saturated heterocycles. The second kappa shape index (κ2) is 7.81. The van der Waals surface area contributed by atoms with Gasteiger partial charge in [-0.25, -0.2) is 4.68 Å². The molecular weight excluding hydrogens is 326 g/mol. The topological polar surface area (TPSA) is 47.4 Å². The second-order valence-corrected chi connectivity index (χ2v) is 6.47. The van der Waals surface area contributed by atoms with Crippen LogP contribution in [0.2, 0.25) is 5.02 Å². The Labute approximate surface area is 146 Å². The van der Waals surface area contributed by atoms with Crippen molar-refractivity contribution in [3.63, 3.8) is 0 Å². The molecule has 0 N–H and O–H groups in total. The highest BCUT2D eigenvalue weighted by atomic mass is 35.5. The fourth-order valence-corrected chi connectivity index (χ4v) is 3.27. The lowest BCUT2D eigenvalue weighted by molar-refractivity contribution is 0.0667. The summed E-state index contributed by atoms with van der Waals surface area (Å²) in [6.45, 7) is 2.33. The molecule has 1 aliphatic heterocycles. The lowest BCUT2D eigenvalue weighted by atomic mass is 10.1. The van der Waals surface area contributed by atoms with Crippen molar-refractivity contribution in [1.29, 1.82) is 0 Å². The predicted octanol–water partition coefficient (Wildman–Crippen LogP) is 2.66. The van der Waals surface area contributed by atoms with Gasteiger partial charge in [-0.3, -0.25) is 4.79 Å². The second-order valence-electron chi connectivity index (χ2n) is 6.09. The van der Waals surface area contributed by atoms with E-state index in [-0.39, 0.29) is 16.7 Å². The van der Waals surface area contributed by atoms with Gasteiger partial charge < -0.3 is 9.64 Å². The van der Waals surface area contributed by atoms with Gasteiger partial charge in [0.15, 0.2) is 0 Å². The largest absolute Gasteiger partial charge is 0.376 e. The van der Waals surface area contributed by atoms with Gasteiger partial charge in [-0.2, -0.15) is 5.10 Å². The zero-order valence-corrected chi connectivity index (χ0v) is 14.6. The van der Waals surface area contributed by atoms with E-state index in [1.807, 2.05) is 6.07 Å². The van der Waals surface area contributed by atoms with Crippen LogP contribution >= 0.6 is 11.6 Å². The smallest absolute Gasteiger partial charge is 0.287 e. The number of anilines is 1. The zero-order valence-electron chi connectivity index (χ0n) is 13.8. The van der Waals surface area contributed by atoms with Crippen LogP contribution in [0.3, 0.4) is 0 Å². The summed E-state index contributed by atoms with van der Waals surface area (Å²) in [7, 11) is 1.60. The van der Waals surface area contributed by atoms with Crippen LogP contribution in [0.4, 0.5) is 5.69 Å². The third kappa shape index (κ3) is 3.97. The first-order valence-electron chi connectivity index (χ1n) is 8.27. The van der Waals surface area contributed by atoms with Gasteiger partial charge in [0, 0.05) is 26.7 Å². The van der Waals surface area contributed by atoms with Crippen LogP contribution in [0.1, 0.15) is 18.4 Å². The number of aryl methyl sites for hydroxylation is 2. The molecular formula is C18H22ClN3O2. The van der Waals surface area contributed by atoms with Crippen LogP contribution in [-0.2, 0) is 18.2 Å².